The van der Waals surface area contributed by atoms with Gasteiger partial charge in [-0.25, -0.2) is 0 Å². The summed E-state index contributed by atoms with van der Waals surface area (Å²) in [7, 11) is 0. The minimum absolute atomic E-state index is 0.171. The number of carbonyl (C=O) groups excluding carboxylic acids is 1. The van der Waals surface area contributed by atoms with Gasteiger partial charge < -0.3 is 10.2 Å². The first-order valence-corrected chi connectivity index (χ1v) is 8.01. The van der Waals surface area contributed by atoms with Crippen LogP contribution in [-0.2, 0) is 0 Å². The first-order valence-electron chi connectivity index (χ1n) is 8.01. The summed E-state index contributed by atoms with van der Waals surface area (Å²) in [5.41, 5.74) is 2.95. The molecule has 2 fully saturated rings. The molecule has 2 aromatic carbocycles. The number of amides is 1. The summed E-state index contributed by atoms with van der Waals surface area (Å²) in [5.74, 6) is 0.860. The second kappa shape index (κ2) is 5.58. The van der Waals surface area contributed by atoms with E-state index in [-0.39, 0.29) is 5.91 Å². The van der Waals surface area contributed by atoms with Crippen LogP contribution in [0.2, 0.25) is 0 Å². The van der Waals surface area contributed by atoms with Crippen molar-refractivity contribution >= 4 is 5.91 Å². The van der Waals surface area contributed by atoms with Crippen LogP contribution >= 0.6 is 0 Å². The molecule has 0 radical (unpaired) electrons. The Balaban J connectivity index is 1.64. The van der Waals surface area contributed by atoms with Crippen LogP contribution in [0.4, 0.5) is 0 Å². The lowest BCUT2D eigenvalue weighted by atomic mass is 9.82. The molecule has 4 rings (SSSR count). The van der Waals surface area contributed by atoms with Crippen molar-refractivity contribution in [3.63, 3.8) is 0 Å². The van der Waals surface area contributed by atoms with E-state index in [9.17, 15) is 4.79 Å². The minimum atomic E-state index is 0.171. The highest BCUT2D eigenvalue weighted by Gasteiger charge is 2.43. The first kappa shape index (κ1) is 13.5. The lowest BCUT2D eigenvalue weighted by Gasteiger charge is -2.51. The van der Waals surface area contributed by atoms with Crippen LogP contribution in [0.15, 0.2) is 54.6 Å². The lowest BCUT2D eigenvalue weighted by Crippen LogP contribution is -2.65. The molecule has 2 aliphatic rings. The van der Waals surface area contributed by atoms with E-state index in [2.05, 4.69) is 17.4 Å². The van der Waals surface area contributed by atoms with Crippen LogP contribution < -0.4 is 5.32 Å². The maximum absolute atomic E-state index is 13.0. The molecule has 3 nitrogen and oxygen atoms in total. The third-order valence-corrected chi connectivity index (χ3v) is 4.92. The van der Waals surface area contributed by atoms with Gasteiger partial charge in [0.1, 0.15) is 0 Å². The highest BCUT2D eigenvalue weighted by Crippen LogP contribution is 2.33. The third-order valence-electron chi connectivity index (χ3n) is 4.92. The van der Waals surface area contributed by atoms with Gasteiger partial charge in [-0.3, -0.25) is 4.79 Å². The number of nitrogens with zero attached hydrogens (tertiary/aromatic N) is 1. The maximum atomic E-state index is 13.0. The Bertz CT molecular complexity index is 683. The van der Waals surface area contributed by atoms with Crippen molar-refractivity contribution in [1.29, 1.82) is 0 Å². The molecule has 0 saturated carbocycles. The summed E-state index contributed by atoms with van der Waals surface area (Å²) in [6.07, 6.45) is 1.19. The second-order valence-corrected chi connectivity index (χ2v) is 6.19. The fourth-order valence-corrected chi connectivity index (χ4v) is 3.65. The van der Waals surface area contributed by atoms with E-state index in [4.69, 9.17) is 0 Å². The number of carbonyl (C=O) groups is 1. The number of rotatable bonds is 2. The number of benzene rings is 2. The van der Waals surface area contributed by atoms with Crippen molar-refractivity contribution in [2.24, 2.45) is 5.92 Å². The Kier molecular flexibility index (Phi) is 3.43. The zero-order chi connectivity index (χ0) is 14.9. The topological polar surface area (TPSA) is 32.3 Å². The van der Waals surface area contributed by atoms with Gasteiger partial charge in [0.15, 0.2) is 0 Å². The zero-order valence-electron chi connectivity index (χ0n) is 12.5. The Hall–Kier alpha value is -2.13. The summed E-state index contributed by atoms with van der Waals surface area (Å²) >= 11 is 0. The number of fused-ring (bicyclic) bond motifs is 1. The van der Waals surface area contributed by atoms with E-state index in [1.54, 1.807) is 0 Å². The largest absolute Gasteiger partial charge is 0.334 e. The fraction of sp³-hybridized carbons (Fsp3) is 0.316. The highest BCUT2D eigenvalue weighted by molar-refractivity contribution is 6.01. The second-order valence-electron chi connectivity index (χ2n) is 6.19. The summed E-state index contributed by atoms with van der Waals surface area (Å²) in [4.78, 5) is 15.0. The van der Waals surface area contributed by atoms with Crippen LogP contribution in [0.5, 0.6) is 0 Å². The molecule has 2 aromatic rings. The van der Waals surface area contributed by atoms with E-state index in [1.165, 1.54) is 6.42 Å². The molecule has 2 unspecified atom stereocenters. The predicted octanol–water partition coefficient (Wildman–Crippen LogP) is 2.79. The Morgan fingerprint density at radius 2 is 1.82 bits per heavy atom. The molecule has 0 aromatic heterocycles. The van der Waals surface area contributed by atoms with Gasteiger partial charge in [0.25, 0.3) is 5.91 Å². The van der Waals surface area contributed by atoms with E-state index >= 15 is 0 Å². The van der Waals surface area contributed by atoms with Crippen molar-refractivity contribution in [3.8, 4) is 11.1 Å². The molecule has 22 heavy (non-hydrogen) atoms. The quantitative estimate of drug-likeness (QED) is 0.923. The normalized spacial score (nSPS) is 23.5. The number of hydrogen-bond donors (Lipinski definition) is 1. The molecule has 3 heteroatoms. The molecule has 112 valence electrons. The molecule has 2 heterocycles. The average molecular weight is 292 g/mol. The van der Waals surface area contributed by atoms with Crippen molar-refractivity contribution < 1.29 is 4.79 Å². The van der Waals surface area contributed by atoms with Gasteiger partial charge in [-0.1, -0.05) is 48.5 Å². The van der Waals surface area contributed by atoms with Crippen LogP contribution in [0, 0.1) is 5.92 Å². The maximum Gasteiger partial charge on any atom is 0.254 e. The Morgan fingerprint density at radius 3 is 2.64 bits per heavy atom. The molecule has 2 saturated heterocycles. The van der Waals surface area contributed by atoms with Gasteiger partial charge in [0.05, 0.1) is 0 Å². The van der Waals surface area contributed by atoms with Gasteiger partial charge in [0.2, 0.25) is 0 Å². The number of piperidine rings is 1. The van der Waals surface area contributed by atoms with Gasteiger partial charge >= 0.3 is 0 Å². The van der Waals surface area contributed by atoms with E-state index in [1.807, 2.05) is 47.4 Å². The third kappa shape index (κ3) is 2.22. The summed E-state index contributed by atoms with van der Waals surface area (Å²) in [6.45, 7) is 2.93. The van der Waals surface area contributed by atoms with E-state index in [0.29, 0.717) is 12.0 Å². The Morgan fingerprint density at radius 1 is 1.05 bits per heavy atom. The predicted molar refractivity (Wildman–Crippen MR) is 87.7 cm³/mol. The SMILES string of the molecule is O=C(c1ccccc1-c1ccccc1)N1CC2CCNCC21. The average Bonchev–Trinajstić information content (AvgIpc) is 2.57. The van der Waals surface area contributed by atoms with E-state index < -0.39 is 0 Å². The van der Waals surface area contributed by atoms with Crippen LogP contribution in [0.1, 0.15) is 16.8 Å². The van der Waals surface area contributed by atoms with Crippen molar-refractivity contribution in [1.82, 2.24) is 10.2 Å². The molecular formula is C19H20N2O. The minimum Gasteiger partial charge on any atom is -0.334 e. The summed E-state index contributed by atoms with van der Waals surface area (Å²) < 4.78 is 0. The number of likely N-dealkylation sites (tertiary alicyclic amines) is 1. The van der Waals surface area contributed by atoms with E-state index in [0.717, 1.165) is 36.3 Å². The molecule has 0 aliphatic carbocycles. The molecule has 0 bridgehead atoms. The number of hydrogen-bond acceptors (Lipinski definition) is 2. The zero-order valence-corrected chi connectivity index (χ0v) is 12.5. The molecule has 1 amide bonds. The van der Waals surface area contributed by atoms with Gasteiger partial charge in [-0.2, -0.15) is 0 Å². The van der Waals surface area contributed by atoms with Crippen LogP contribution in [-0.4, -0.2) is 36.5 Å². The lowest BCUT2D eigenvalue weighted by molar-refractivity contribution is 0.00287. The molecule has 1 N–H and O–H groups in total. The van der Waals surface area contributed by atoms with Crippen molar-refractivity contribution in [3.05, 3.63) is 60.2 Å². The van der Waals surface area contributed by atoms with Gasteiger partial charge in [-0.05, 0) is 36.1 Å². The molecule has 0 spiro atoms. The molecule has 2 aliphatic heterocycles. The summed E-state index contributed by atoms with van der Waals surface area (Å²) in [5, 5.41) is 3.40. The summed E-state index contributed by atoms with van der Waals surface area (Å²) in [6, 6.07) is 18.5. The monoisotopic (exact) mass is 292 g/mol. The van der Waals surface area contributed by atoms with Crippen molar-refractivity contribution in [2.45, 2.75) is 12.5 Å². The first-order chi connectivity index (χ1) is 10.8. The van der Waals surface area contributed by atoms with Gasteiger partial charge in [0, 0.05) is 24.7 Å². The molecule has 2 atom stereocenters. The van der Waals surface area contributed by atoms with Crippen LogP contribution in [0.3, 0.4) is 0 Å². The van der Waals surface area contributed by atoms with Crippen LogP contribution in [0.25, 0.3) is 11.1 Å². The Labute approximate surface area is 131 Å². The number of nitrogens with one attached hydrogen (secondary N) is 1. The standard InChI is InChI=1S/C19H20N2O/c22-19(21-13-15-10-11-20-12-18(15)21)17-9-5-4-8-16(17)14-6-2-1-3-7-14/h1-9,15,18,20H,10-13H2. The van der Waals surface area contributed by atoms with Crippen molar-refractivity contribution in [2.75, 3.05) is 19.6 Å². The highest BCUT2D eigenvalue weighted by atomic mass is 16.2. The fourth-order valence-electron chi connectivity index (χ4n) is 3.65. The molecular weight excluding hydrogens is 272 g/mol. The van der Waals surface area contributed by atoms with Gasteiger partial charge in [-0.15, -0.1) is 0 Å². The smallest absolute Gasteiger partial charge is 0.254 e.